The van der Waals surface area contributed by atoms with Gasteiger partial charge in [0, 0.05) is 37.5 Å². The first-order valence-electron chi connectivity index (χ1n) is 7.34. The van der Waals surface area contributed by atoms with Crippen LogP contribution < -0.4 is 0 Å². The number of hydrogen-bond donors (Lipinski definition) is 0. The van der Waals surface area contributed by atoms with Crippen LogP contribution in [0.3, 0.4) is 0 Å². The van der Waals surface area contributed by atoms with Gasteiger partial charge in [0.1, 0.15) is 0 Å². The van der Waals surface area contributed by atoms with Crippen molar-refractivity contribution in [2.24, 2.45) is 5.11 Å². The minimum Gasteiger partial charge on any atom is -0.343 e. The molecule has 0 spiro atoms. The molecule has 21 heavy (non-hydrogen) atoms. The fourth-order valence-corrected chi connectivity index (χ4v) is 2.58. The van der Waals surface area contributed by atoms with Crippen LogP contribution in [0.4, 0.5) is 0 Å². The van der Waals surface area contributed by atoms with E-state index in [1.807, 2.05) is 23.1 Å². The minimum atomic E-state index is 0.264. The molecule has 1 fully saturated rings. The topological polar surface area (TPSA) is 72.3 Å². The molecule has 1 amide bonds. The number of carbonyl (C=O) groups excluding carboxylic acids is 1. The lowest BCUT2D eigenvalue weighted by Gasteiger charge is -2.22. The van der Waals surface area contributed by atoms with Crippen LogP contribution in [0.15, 0.2) is 35.4 Å². The average Bonchev–Trinajstić information content (AvgIpc) is 2.91. The molecule has 112 valence electrons. The van der Waals surface area contributed by atoms with E-state index in [0.717, 1.165) is 39.0 Å². The van der Waals surface area contributed by atoms with Gasteiger partial charge in [0.25, 0.3) is 0 Å². The van der Waals surface area contributed by atoms with Gasteiger partial charge in [0.2, 0.25) is 5.91 Å². The van der Waals surface area contributed by atoms with Crippen LogP contribution in [0.1, 0.15) is 24.8 Å². The predicted molar refractivity (Wildman–Crippen MR) is 81.3 cm³/mol. The summed E-state index contributed by atoms with van der Waals surface area (Å²) < 4.78 is 0. The van der Waals surface area contributed by atoms with Gasteiger partial charge in [-0.05, 0) is 23.9 Å². The van der Waals surface area contributed by atoms with Crippen molar-refractivity contribution in [3.05, 3.63) is 46.3 Å². The van der Waals surface area contributed by atoms with Crippen LogP contribution in [0.5, 0.6) is 0 Å². The lowest BCUT2D eigenvalue weighted by Crippen LogP contribution is -2.30. The molecular weight excluding hydrogens is 266 g/mol. The Morgan fingerprint density at radius 1 is 1.33 bits per heavy atom. The van der Waals surface area contributed by atoms with Gasteiger partial charge >= 0.3 is 0 Å². The fraction of sp³-hybridized carbons (Fsp3) is 0.533. The highest BCUT2D eigenvalue weighted by atomic mass is 16.2. The quantitative estimate of drug-likeness (QED) is 0.419. The zero-order chi connectivity index (χ0) is 14.9. The fourth-order valence-electron chi connectivity index (χ4n) is 2.58. The molecule has 0 atom stereocenters. The maximum Gasteiger partial charge on any atom is 0.222 e. The number of azide groups is 1. The Kier molecular flexibility index (Phi) is 6.06. The van der Waals surface area contributed by atoms with E-state index in [4.69, 9.17) is 5.53 Å². The third-order valence-electron chi connectivity index (χ3n) is 3.65. The minimum absolute atomic E-state index is 0.264. The maximum absolute atomic E-state index is 11.6. The Labute approximate surface area is 125 Å². The van der Waals surface area contributed by atoms with E-state index in [1.54, 1.807) is 0 Å². The first-order valence-corrected chi connectivity index (χ1v) is 7.34. The summed E-state index contributed by atoms with van der Waals surface area (Å²) in [5.41, 5.74) is 9.69. The molecule has 6 nitrogen and oxygen atoms in total. The number of carbonyl (C=O) groups is 1. The van der Waals surface area contributed by atoms with Gasteiger partial charge in [0.05, 0.1) is 6.67 Å². The smallest absolute Gasteiger partial charge is 0.222 e. The number of hydrogen-bond acceptors (Lipinski definition) is 3. The Balaban J connectivity index is 1.81. The zero-order valence-electron chi connectivity index (χ0n) is 12.2. The number of likely N-dealkylation sites (tertiary alicyclic amines) is 1. The van der Waals surface area contributed by atoms with E-state index in [1.165, 1.54) is 5.56 Å². The van der Waals surface area contributed by atoms with Crippen LogP contribution in [-0.4, -0.2) is 42.0 Å². The summed E-state index contributed by atoms with van der Waals surface area (Å²) in [4.78, 5) is 18.4. The molecule has 0 N–H and O–H groups in total. The summed E-state index contributed by atoms with van der Waals surface area (Å²) in [5, 5.41) is 3.66. The predicted octanol–water partition coefficient (Wildman–Crippen LogP) is 2.77. The molecule has 1 heterocycles. The van der Waals surface area contributed by atoms with Crippen LogP contribution in [0.2, 0.25) is 0 Å². The van der Waals surface area contributed by atoms with Gasteiger partial charge in [-0.15, -0.1) is 0 Å². The molecular formula is C15H21N5O. The molecule has 1 aromatic rings. The van der Waals surface area contributed by atoms with Crippen molar-refractivity contribution in [1.29, 1.82) is 0 Å². The van der Waals surface area contributed by atoms with Crippen LogP contribution >= 0.6 is 0 Å². The Hall–Kier alpha value is -2.04. The highest BCUT2D eigenvalue weighted by Gasteiger charge is 2.19. The van der Waals surface area contributed by atoms with Crippen molar-refractivity contribution in [2.75, 3.05) is 26.3 Å². The highest BCUT2D eigenvalue weighted by molar-refractivity contribution is 5.77. The summed E-state index contributed by atoms with van der Waals surface area (Å²) in [6.45, 7) is 3.61. The Morgan fingerprint density at radius 2 is 2.14 bits per heavy atom. The van der Waals surface area contributed by atoms with Crippen molar-refractivity contribution < 1.29 is 4.79 Å². The molecule has 0 aromatic heterocycles. The van der Waals surface area contributed by atoms with Gasteiger partial charge in [-0.1, -0.05) is 35.4 Å². The number of amides is 1. The molecule has 0 saturated carbocycles. The van der Waals surface area contributed by atoms with Crippen molar-refractivity contribution in [1.82, 2.24) is 9.80 Å². The zero-order valence-corrected chi connectivity index (χ0v) is 12.2. The summed E-state index contributed by atoms with van der Waals surface area (Å²) >= 11 is 0. The van der Waals surface area contributed by atoms with E-state index in [0.29, 0.717) is 13.1 Å². The van der Waals surface area contributed by atoms with Crippen molar-refractivity contribution in [3.63, 3.8) is 0 Å². The van der Waals surface area contributed by atoms with Gasteiger partial charge in [0.15, 0.2) is 0 Å². The molecule has 0 unspecified atom stereocenters. The van der Waals surface area contributed by atoms with Gasteiger partial charge in [-0.25, -0.2) is 0 Å². The molecule has 0 bridgehead atoms. The van der Waals surface area contributed by atoms with Crippen LogP contribution in [0, 0.1) is 0 Å². The number of nitrogens with zero attached hydrogens (tertiary/aromatic N) is 5. The van der Waals surface area contributed by atoms with Crippen molar-refractivity contribution >= 4 is 5.91 Å². The van der Waals surface area contributed by atoms with E-state index in [9.17, 15) is 4.79 Å². The van der Waals surface area contributed by atoms with Crippen molar-refractivity contribution in [3.8, 4) is 0 Å². The highest BCUT2D eigenvalue weighted by Crippen LogP contribution is 2.11. The molecule has 0 radical (unpaired) electrons. The lowest BCUT2D eigenvalue weighted by atomic mass is 10.2. The second-order valence-electron chi connectivity index (χ2n) is 5.25. The van der Waals surface area contributed by atoms with Crippen LogP contribution in [-0.2, 0) is 11.3 Å². The number of benzene rings is 1. The lowest BCUT2D eigenvalue weighted by molar-refractivity contribution is -0.127. The van der Waals surface area contributed by atoms with E-state index in [2.05, 4.69) is 27.1 Å². The van der Waals surface area contributed by atoms with Gasteiger partial charge < -0.3 is 4.90 Å². The second-order valence-corrected chi connectivity index (χ2v) is 5.25. The summed E-state index contributed by atoms with van der Waals surface area (Å²) in [5.74, 6) is 0.264. The van der Waals surface area contributed by atoms with Crippen LogP contribution in [0.25, 0.3) is 10.4 Å². The normalized spacial score (nSPS) is 14.5. The average molecular weight is 287 g/mol. The molecule has 1 aliphatic rings. The number of rotatable bonds is 8. The maximum atomic E-state index is 11.6. The molecule has 2 rings (SSSR count). The first kappa shape index (κ1) is 15.4. The standard InChI is InChI=1S/C15H21N5O/c16-18-17-13-19(12-14-6-2-1-3-7-14)9-5-11-20-10-4-8-15(20)21/h1-3,6-7H,4-5,8-13H2. The molecule has 6 heteroatoms. The summed E-state index contributed by atoms with van der Waals surface area (Å²) in [6, 6.07) is 10.1. The van der Waals surface area contributed by atoms with Crippen molar-refractivity contribution in [2.45, 2.75) is 25.8 Å². The third kappa shape index (κ3) is 5.10. The largest absolute Gasteiger partial charge is 0.343 e. The SMILES string of the molecule is [N-]=[N+]=NCN(CCCN1CCCC1=O)Cc1ccccc1. The van der Waals surface area contributed by atoms with Gasteiger partial charge in [-0.3, -0.25) is 9.69 Å². The van der Waals surface area contributed by atoms with E-state index < -0.39 is 0 Å². The van der Waals surface area contributed by atoms with Gasteiger partial charge in [-0.2, -0.15) is 0 Å². The first-order chi connectivity index (χ1) is 10.3. The summed E-state index contributed by atoms with van der Waals surface area (Å²) in [6.07, 6.45) is 2.57. The summed E-state index contributed by atoms with van der Waals surface area (Å²) in [7, 11) is 0. The van der Waals surface area contributed by atoms with E-state index in [-0.39, 0.29) is 5.91 Å². The molecule has 0 aliphatic carbocycles. The molecule has 1 aromatic carbocycles. The Morgan fingerprint density at radius 3 is 2.81 bits per heavy atom. The van der Waals surface area contributed by atoms with E-state index >= 15 is 0 Å². The third-order valence-corrected chi connectivity index (χ3v) is 3.65. The monoisotopic (exact) mass is 287 g/mol. The Bertz CT molecular complexity index is 498. The second kappa shape index (κ2) is 8.29. The molecule has 1 saturated heterocycles. The molecule has 1 aliphatic heterocycles.